The zero-order valence-corrected chi connectivity index (χ0v) is 8.73. The maximum absolute atomic E-state index is 9.36. The van der Waals surface area contributed by atoms with Gasteiger partial charge in [-0.25, -0.2) is 9.97 Å². The molecule has 0 aliphatic rings. The number of phenols is 1. The van der Waals surface area contributed by atoms with E-state index < -0.39 is 0 Å². The number of rotatable bonds is 1. The first-order chi connectivity index (χ1) is 7.15. The van der Waals surface area contributed by atoms with Crippen LogP contribution in [0.4, 0.5) is 0 Å². The molecule has 0 unspecified atom stereocenters. The Balaban J connectivity index is 2.54. The highest BCUT2D eigenvalue weighted by molar-refractivity contribution is 5.57. The first kappa shape index (κ1) is 9.65. The van der Waals surface area contributed by atoms with Gasteiger partial charge in [0.2, 0.25) is 0 Å². The smallest absolute Gasteiger partial charge is 0.159 e. The minimum atomic E-state index is 0.232. The molecule has 1 N–H and O–H groups in total. The Hall–Kier alpha value is -1.90. The highest BCUT2D eigenvalue weighted by Crippen LogP contribution is 2.20. The van der Waals surface area contributed by atoms with Gasteiger partial charge in [-0.1, -0.05) is 12.1 Å². The largest absolute Gasteiger partial charge is 0.508 e. The van der Waals surface area contributed by atoms with Crippen molar-refractivity contribution in [2.45, 2.75) is 13.8 Å². The fraction of sp³-hybridized carbons (Fsp3) is 0.167. The number of nitrogens with zero attached hydrogens (tertiary/aromatic N) is 2. The number of aromatic hydroxyl groups is 1. The average molecular weight is 200 g/mol. The number of hydrogen-bond donors (Lipinski definition) is 1. The van der Waals surface area contributed by atoms with Crippen LogP contribution in [0.2, 0.25) is 0 Å². The van der Waals surface area contributed by atoms with Crippen molar-refractivity contribution in [3.8, 4) is 17.1 Å². The second kappa shape index (κ2) is 3.69. The van der Waals surface area contributed by atoms with Gasteiger partial charge in [-0.15, -0.1) is 0 Å². The molecule has 2 aromatic rings. The van der Waals surface area contributed by atoms with Crippen molar-refractivity contribution >= 4 is 0 Å². The van der Waals surface area contributed by atoms with Gasteiger partial charge in [0.25, 0.3) is 0 Å². The van der Waals surface area contributed by atoms with Crippen LogP contribution in [-0.2, 0) is 0 Å². The number of aryl methyl sites for hydroxylation is 2. The Morgan fingerprint density at radius 1 is 1.00 bits per heavy atom. The Morgan fingerprint density at radius 3 is 2.27 bits per heavy atom. The van der Waals surface area contributed by atoms with Gasteiger partial charge < -0.3 is 5.11 Å². The van der Waals surface area contributed by atoms with Crippen LogP contribution in [0.25, 0.3) is 11.4 Å². The number of phenolic OH excluding ortho intramolecular Hbond substituents is 1. The molecule has 15 heavy (non-hydrogen) atoms. The second-order valence-electron chi connectivity index (χ2n) is 3.52. The van der Waals surface area contributed by atoms with Gasteiger partial charge in [0.05, 0.1) is 0 Å². The summed E-state index contributed by atoms with van der Waals surface area (Å²) >= 11 is 0. The van der Waals surface area contributed by atoms with Gasteiger partial charge in [0.1, 0.15) is 5.75 Å². The Bertz CT molecular complexity index is 474. The fourth-order valence-corrected chi connectivity index (χ4v) is 1.50. The molecule has 0 atom stereocenters. The van der Waals surface area contributed by atoms with Crippen molar-refractivity contribution in [2.24, 2.45) is 0 Å². The van der Waals surface area contributed by atoms with E-state index in [1.54, 1.807) is 18.2 Å². The lowest BCUT2D eigenvalue weighted by Crippen LogP contribution is -1.93. The van der Waals surface area contributed by atoms with Crippen LogP contribution in [0.1, 0.15) is 11.4 Å². The molecule has 3 nitrogen and oxygen atoms in total. The van der Waals surface area contributed by atoms with E-state index in [9.17, 15) is 5.11 Å². The molecule has 2 rings (SSSR count). The number of aromatic nitrogens is 2. The summed E-state index contributed by atoms with van der Waals surface area (Å²) in [7, 11) is 0. The molecule has 1 aromatic heterocycles. The Labute approximate surface area is 88.5 Å². The topological polar surface area (TPSA) is 46.0 Å². The van der Waals surface area contributed by atoms with Gasteiger partial charge in [-0.2, -0.15) is 0 Å². The predicted molar refractivity (Wildman–Crippen MR) is 58.6 cm³/mol. The summed E-state index contributed by atoms with van der Waals surface area (Å²) in [6.45, 7) is 3.86. The third kappa shape index (κ3) is 2.13. The Morgan fingerprint density at radius 2 is 1.67 bits per heavy atom. The molecule has 0 aliphatic carbocycles. The summed E-state index contributed by atoms with van der Waals surface area (Å²) < 4.78 is 0. The van der Waals surface area contributed by atoms with E-state index in [2.05, 4.69) is 9.97 Å². The zero-order valence-electron chi connectivity index (χ0n) is 8.73. The maximum Gasteiger partial charge on any atom is 0.159 e. The van der Waals surface area contributed by atoms with E-state index in [4.69, 9.17) is 0 Å². The summed E-state index contributed by atoms with van der Waals surface area (Å²) in [6, 6.07) is 8.88. The standard InChI is InChI=1S/C12H12N2O/c1-8-6-9(2)14-12(13-8)10-4-3-5-11(15)7-10/h3-7,15H,1-2H3. The third-order valence-corrected chi connectivity index (χ3v) is 2.09. The molecule has 1 heterocycles. The van der Waals surface area contributed by atoms with E-state index in [-0.39, 0.29) is 5.75 Å². The summed E-state index contributed by atoms with van der Waals surface area (Å²) in [5.74, 6) is 0.888. The van der Waals surface area contributed by atoms with Crippen molar-refractivity contribution in [2.75, 3.05) is 0 Å². The molecule has 0 saturated carbocycles. The van der Waals surface area contributed by atoms with Crippen molar-refractivity contribution in [3.05, 3.63) is 41.7 Å². The van der Waals surface area contributed by atoms with Crippen LogP contribution in [0.3, 0.4) is 0 Å². The molecular weight excluding hydrogens is 188 g/mol. The molecule has 0 spiro atoms. The van der Waals surface area contributed by atoms with Gasteiger partial charge in [-0.3, -0.25) is 0 Å². The Kier molecular flexibility index (Phi) is 2.37. The van der Waals surface area contributed by atoms with Crippen LogP contribution in [0.15, 0.2) is 30.3 Å². The highest BCUT2D eigenvalue weighted by Gasteiger charge is 2.03. The van der Waals surface area contributed by atoms with Gasteiger partial charge >= 0.3 is 0 Å². The molecule has 1 aromatic carbocycles. The van der Waals surface area contributed by atoms with E-state index in [1.165, 1.54) is 0 Å². The normalized spacial score (nSPS) is 10.3. The lowest BCUT2D eigenvalue weighted by atomic mass is 10.2. The van der Waals surface area contributed by atoms with Crippen LogP contribution >= 0.6 is 0 Å². The minimum Gasteiger partial charge on any atom is -0.508 e. The van der Waals surface area contributed by atoms with Crippen molar-refractivity contribution in [3.63, 3.8) is 0 Å². The number of hydrogen-bond acceptors (Lipinski definition) is 3. The van der Waals surface area contributed by atoms with E-state index in [0.717, 1.165) is 17.0 Å². The molecule has 0 fully saturated rings. The number of benzene rings is 1. The van der Waals surface area contributed by atoms with Gasteiger partial charge in [0, 0.05) is 17.0 Å². The monoisotopic (exact) mass is 200 g/mol. The fourth-order valence-electron chi connectivity index (χ4n) is 1.50. The molecular formula is C12H12N2O. The molecule has 0 bridgehead atoms. The molecule has 0 amide bonds. The summed E-state index contributed by atoms with van der Waals surface area (Å²) in [5, 5.41) is 9.36. The lowest BCUT2D eigenvalue weighted by molar-refractivity contribution is 0.475. The van der Waals surface area contributed by atoms with Crippen LogP contribution in [0, 0.1) is 13.8 Å². The summed E-state index contributed by atoms with van der Waals surface area (Å²) in [4.78, 5) is 8.65. The lowest BCUT2D eigenvalue weighted by Gasteiger charge is -2.03. The second-order valence-corrected chi connectivity index (χ2v) is 3.52. The summed E-state index contributed by atoms with van der Waals surface area (Å²) in [5.41, 5.74) is 2.70. The maximum atomic E-state index is 9.36. The minimum absolute atomic E-state index is 0.232. The first-order valence-electron chi connectivity index (χ1n) is 4.77. The molecule has 3 heteroatoms. The van der Waals surface area contributed by atoms with Crippen LogP contribution < -0.4 is 0 Å². The zero-order chi connectivity index (χ0) is 10.8. The van der Waals surface area contributed by atoms with E-state index in [1.807, 2.05) is 26.0 Å². The predicted octanol–water partition coefficient (Wildman–Crippen LogP) is 2.47. The van der Waals surface area contributed by atoms with Gasteiger partial charge in [0.15, 0.2) is 5.82 Å². The average Bonchev–Trinajstić information content (AvgIpc) is 2.16. The van der Waals surface area contributed by atoms with Crippen LogP contribution in [0.5, 0.6) is 5.75 Å². The van der Waals surface area contributed by atoms with Gasteiger partial charge in [-0.05, 0) is 32.0 Å². The molecule has 76 valence electrons. The SMILES string of the molecule is Cc1cc(C)nc(-c2cccc(O)c2)n1. The summed E-state index contributed by atoms with van der Waals surface area (Å²) in [6.07, 6.45) is 0. The van der Waals surface area contributed by atoms with Crippen LogP contribution in [-0.4, -0.2) is 15.1 Å². The van der Waals surface area contributed by atoms with Crippen molar-refractivity contribution < 1.29 is 5.11 Å². The van der Waals surface area contributed by atoms with Crippen molar-refractivity contribution in [1.82, 2.24) is 9.97 Å². The highest BCUT2D eigenvalue weighted by atomic mass is 16.3. The first-order valence-corrected chi connectivity index (χ1v) is 4.77. The quantitative estimate of drug-likeness (QED) is 0.769. The molecule has 0 saturated heterocycles. The van der Waals surface area contributed by atoms with E-state index in [0.29, 0.717) is 5.82 Å². The van der Waals surface area contributed by atoms with Crippen molar-refractivity contribution in [1.29, 1.82) is 0 Å². The van der Waals surface area contributed by atoms with E-state index >= 15 is 0 Å². The molecule has 0 aliphatic heterocycles. The molecule has 0 radical (unpaired) electrons. The third-order valence-electron chi connectivity index (χ3n) is 2.09.